The average molecular weight is 216 g/mol. The topological polar surface area (TPSA) is 63.8 Å². The standard InChI is InChI=1S/C11H12N4O/c1-2-5-13-9(3-1)10-14-11(16-15-10)8-4-6-12-7-8/h1-3,5,8,12H,4,6-7H2/t8-/m1/s1. The maximum Gasteiger partial charge on any atom is 0.231 e. The van der Waals surface area contributed by atoms with Crippen molar-refractivity contribution in [2.24, 2.45) is 0 Å². The van der Waals surface area contributed by atoms with E-state index in [-0.39, 0.29) is 0 Å². The molecule has 1 saturated heterocycles. The Morgan fingerprint density at radius 1 is 1.38 bits per heavy atom. The quantitative estimate of drug-likeness (QED) is 0.817. The predicted octanol–water partition coefficient (Wildman–Crippen LogP) is 1.21. The molecule has 1 N–H and O–H groups in total. The van der Waals surface area contributed by atoms with Crippen molar-refractivity contribution >= 4 is 0 Å². The van der Waals surface area contributed by atoms with Crippen LogP contribution in [0.25, 0.3) is 11.5 Å². The van der Waals surface area contributed by atoms with Gasteiger partial charge in [0, 0.05) is 12.7 Å². The molecule has 0 bridgehead atoms. The highest BCUT2D eigenvalue weighted by Gasteiger charge is 2.23. The van der Waals surface area contributed by atoms with Crippen molar-refractivity contribution in [1.29, 1.82) is 0 Å². The second-order valence-corrected chi connectivity index (χ2v) is 3.86. The van der Waals surface area contributed by atoms with Gasteiger partial charge in [0.2, 0.25) is 11.7 Å². The van der Waals surface area contributed by atoms with E-state index in [9.17, 15) is 0 Å². The van der Waals surface area contributed by atoms with Crippen LogP contribution in [0.4, 0.5) is 0 Å². The van der Waals surface area contributed by atoms with Crippen molar-refractivity contribution in [3.8, 4) is 11.5 Å². The van der Waals surface area contributed by atoms with E-state index in [0.29, 0.717) is 17.6 Å². The Kier molecular flexibility index (Phi) is 2.38. The van der Waals surface area contributed by atoms with Gasteiger partial charge in [-0.15, -0.1) is 0 Å². The third-order valence-corrected chi connectivity index (χ3v) is 2.75. The molecule has 0 aromatic carbocycles. The fourth-order valence-corrected chi connectivity index (χ4v) is 1.87. The molecule has 3 rings (SSSR count). The lowest BCUT2D eigenvalue weighted by molar-refractivity contribution is 0.359. The summed E-state index contributed by atoms with van der Waals surface area (Å²) in [6, 6.07) is 5.66. The molecule has 2 aromatic rings. The SMILES string of the molecule is c1ccc(-c2noc([C@@H]3CCNC3)n2)nc1. The van der Waals surface area contributed by atoms with Crippen molar-refractivity contribution in [2.45, 2.75) is 12.3 Å². The molecule has 0 saturated carbocycles. The van der Waals surface area contributed by atoms with Crippen LogP contribution in [0.2, 0.25) is 0 Å². The van der Waals surface area contributed by atoms with Crippen molar-refractivity contribution < 1.29 is 4.52 Å². The summed E-state index contributed by atoms with van der Waals surface area (Å²) in [6.07, 6.45) is 2.78. The largest absolute Gasteiger partial charge is 0.339 e. The Labute approximate surface area is 92.9 Å². The summed E-state index contributed by atoms with van der Waals surface area (Å²) in [5, 5.41) is 7.23. The zero-order chi connectivity index (χ0) is 10.8. The Bertz CT molecular complexity index is 462. The van der Waals surface area contributed by atoms with Gasteiger partial charge in [-0.1, -0.05) is 11.2 Å². The Morgan fingerprint density at radius 2 is 2.38 bits per heavy atom. The normalized spacial score (nSPS) is 20.1. The van der Waals surface area contributed by atoms with Gasteiger partial charge in [0.1, 0.15) is 5.69 Å². The number of rotatable bonds is 2. The molecule has 0 aliphatic carbocycles. The van der Waals surface area contributed by atoms with E-state index in [0.717, 1.165) is 25.2 Å². The van der Waals surface area contributed by atoms with E-state index in [4.69, 9.17) is 4.52 Å². The van der Waals surface area contributed by atoms with Gasteiger partial charge in [0.05, 0.1) is 5.92 Å². The summed E-state index contributed by atoms with van der Waals surface area (Å²) < 4.78 is 5.26. The van der Waals surface area contributed by atoms with Crippen molar-refractivity contribution in [3.05, 3.63) is 30.3 Å². The van der Waals surface area contributed by atoms with Crippen LogP contribution in [0.5, 0.6) is 0 Å². The van der Waals surface area contributed by atoms with Crippen molar-refractivity contribution in [1.82, 2.24) is 20.4 Å². The van der Waals surface area contributed by atoms with Crippen LogP contribution in [0.1, 0.15) is 18.2 Å². The van der Waals surface area contributed by atoms with Gasteiger partial charge in [-0.05, 0) is 25.1 Å². The van der Waals surface area contributed by atoms with Gasteiger partial charge in [0.15, 0.2) is 0 Å². The number of pyridine rings is 1. The van der Waals surface area contributed by atoms with Crippen LogP contribution >= 0.6 is 0 Å². The lowest BCUT2D eigenvalue weighted by Gasteiger charge is -1.98. The average Bonchev–Trinajstić information content (AvgIpc) is 3.01. The van der Waals surface area contributed by atoms with Crippen LogP contribution in [-0.4, -0.2) is 28.2 Å². The first kappa shape index (κ1) is 9.47. The minimum absolute atomic E-state index is 0.352. The first-order valence-corrected chi connectivity index (χ1v) is 5.39. The van der Waals surface area contributed by atoms with Gasteiger partial charge in [0.25, 0.3) is 0 Å². The predicted molar refractivity (Wildman–Crippen MR) is 57.8 cm³/mol. The zero-order valence-corrected chi connectivity index (χ0v) is 8.76. The van der Waals surface area contributed by atoms with Crippen LogP contribution < -0.4 is 5.32 Å². The van der Waals surface area contributed by atoms with Crippen LogP contribution in [-0.2, 0) is 0 Å². The van der Waals surface area contributed by atoms with Crippen LogP contribution in [0.3, 0.4) is 0 Å². The van der Waals surface area contributed by atoms with E-state index in [1.54, 1.807) is 6.20 Å². The highest BCUT2D eigenvalue weighted by Crippen LogP contribution is 2.22. The van der Waals surface area contributed by atoms with Crippen LogP contribution in [0, 0.1) is 0 Å². The maximum atomic E-state index is 5.26. The van der Waals surface area contributed by atoms with E-state index < -0.39 is 0 Å². The van der Waals surface area contributed by atoms with E-state index in [1.165, 1.54) is 0 Å². The summed E-state index contributed by atoms with van der Waals surface area (Å²) in [6.45, 7) is 1.94. The summed E-state index contributed by atoms with van der Waals surface area (Å²) >= 11 is 0. The molecule has 3 heterocycles. The van der Waals surface area contributed by atoms with Gasteiger partial charge in [-0.25, -0.2) is 0 Å². The molecule has 1 aliphatic heterocycles. The second-order valence-electron chi connectivity index (χ2n) is 3.86. The molecule has 16 heavy (non-hydrogen) atoms. The molecule has 1 atom stereocenters. The molecule has 0 amide bonds. The molecule has 5 nitrogen and oxygen atoms in total. The first-order chi connectivity index (χ1) is 7.93. The molecule has 1 fully saturated rings. The molecule has 0 radical (unpaired) electrons. The van der Waals surface area contributed by atoms with Gasteiger partial charge < -0.3 is 9.84 Å². The zero-order valence-electron chi connectivity index (χ0n) is 8.76. The number of nitrogens with one attached hydrogen (secondary N) is 1. The summed E-state index contributed by atoms with van der Waals surface area (Å²) in [7, 11) is 0. The second kappa shape index (κ2) is 4.02. The van der Waals surface area contributed by atoms with Gasteiger partial charge >= 0.3 is 0 Å². The summed E-state index contributed by atoms with van der Waals surface area (Å²) in [5.74, 6) is 1.64. The Hall–Kier alpha value is -1.75. The third-order valence-electron chi connectivity index (χ3n) is 2.75. The minimum Gasteiger partial charge on any atom is -0.339 e. The fourth-order valence-electron chi connectivity index (χ4n) is 1.87. The van der Waals surface area contributed by atoms with Crippen LogP contribution in [0.15, 0.2) is 28.9 Å². The number of hydrogen-bond acceptors (Lipinski definition) is 5. The van der Waals surface area contributed by atoms with Gasteiger partial charge in [-0.2, -0.15) is 4.98 Å². The van der Waals surface area contributed by atoms with E-state index in [1.807, 2.05) is 18.2 Å². The molecule has 2 aromatic heterocycles. The molecule has 5 heteroatoms. The molecule has 1 aliphatic rings. The van der Waals surface area contributed by atoms with Crippen molar-refractivity contribution in [3.63, 3.8) is 0 Å². The maximum absolute atomic E-state index is 5.26. The van der Waals surface area contributed by atoms with E-state index >= 15 is 0 Å². The number of aromatic nitrogens is 3. The Balaban J connectivity index is 1.87. The molecule has 0 unspecified atom stereocenters. The van der Waals surface area contributed by atoms with Gasteiger partial charge in [-0.3, -0.25) is 4.98 Å². The monoisotopic (exact) mass is 216 g/mol. The Morgan fingerprint density at radius 3 is 3.12 bits per heavy atom. The summed E-state index contributed by atoms with van der Waals surface area (Å²) in [5.41, 5.74) is 0.753. The van der Waals surface area contributed by atoms with Crippen molar-refractivity contribution in [2.75, 3.05) is 13.1 Å². The first-order valence-electron chi connectivity index (χ1n) is 5.39. The molecular weight excluding hydrogens is 204 g/mol. The molecular formula is C11H12N4O. The lowest BCUT2D eigenvalue weighted by Crippen LogP contribution is -2.08. The van der Waals surface area contributed by atoms with E-state index in [2.05, 4.69) is 20.4 Å². The molecule has 0 spiro atoms. The third kappa shape index (κ3) is 1.69. The fraction of sp³-hybridized carbons (Fsp3) is 0.364. The smallest absolute Gasteiger partial charge is 0.231 e. The summed E-state index contributed by atoms with van der Waals surface area (Å²) in [4.78, 5) is 8.57. The number of nitrogens with zero attached hydrogens (tertiary/aromatic N) is 3. The highest BCUT2D eigenvalue weighted by atomic mass is 16.5. The number of hydrogen-bond donors (Lipinski definition) is 1. The highest BCUT2D eigenvalue weighted by molar-refractivity contribution is 5.47. The minimum atomic E-state index is 0.352. The molecule has 82 valence electrons. The lowest BCUT2D eigenvalue weighted by atomic mass is 10.1.